The molecule has 0 spiro atoms. The van der Waals surface area contributed by atoms with Gasteiger partial charge in [-0.3, -0.25) is 4.79 Å². The number of carbonyl (C=O) groups excluding carboxylic acids is 1. The summed E-state index contributed by atoms with van der Waals surface area (Å²) in [6.07, 6.45) is 3.88. The molecule has 4 aromatic heterocycles. The van der Waals surface area contributed by atoms with Crippen LogP contribution in [0.1, 0.15) is 92.1 Å². The lowest BCUT2D eigenvalue weighted by Crippen LogP contribution is -2.32. The quantitative estimate of drug-likeness (QED) is 0.398. The lowest BCUT2D eigenvalue weighted by atomic mass is 10.0. The third-order valence-electron chi connectivity index (χ3n) is 6.24. The molecule has 4 aromatic rings. The van der Waals surface area contributed by atoms with E-state index >= 15 is 0 Å². The summed E-state index contributed by atoms with van der Waals surface area (Å²) >= 11 is 0. The topological polar surface area (TPSA) is 112 Å². The lowest BCUT2D eigenvalue weighted by Gasteiger charge is -2.19. The molecule has 0 aromatic carbocycles. The molecule has 0 saturated heterocycles. The number of rotatable bonds is 7. The van der Waals surface area contributed by atoms with Gasteiger partial charge in [0.15, 0.2) is 11.5 Å². The third-order valence-corrected chi connectivity index (χ3v) is 6.24. The summed E-state index contributed by atoms with van der Waals surface area (Å²) in [6.45, 7) is 11.9. The van der Waals surface area contributed by atoms with E-state index in [1.165, 1.54) is 0 Å². The van der Waals surface area contributed by atoms with Crippen molar-refractivity contribution in [1.82, 2.24) is 30.2 Å². The monoisotopic (exact) mass is 462 g/mol. The molecule has 1 saturated carbocycles. The Labute approximate surface area is 197 Å². The van der Waals surface area contributed by atoms with Gasteiger partial charge in [-0.15, -0.1) is 0 Å². The number of fused-ring (bicyclic) bond motifs is 1. The molecule has 1 amide bonds. The smallest absolute Gasteiger partial charge is 0.252 e. The fourth-order valence-electron chi connectivity index (χ4n) is 4.22. The van der Waals surface area contributed by atoms with E-state index in [4.69, 9.17) is 13.9 Å². The molecule has 0 aliphatic heterocycles. The maximum absolute atomic E-state index is 13.7. The Hall–Kier alpha value is -3.49. The van der Waals surface area contributed by atoms with E-state index in [-0.39, 0.29) is 17.9 Å². The second-order valence-electron chi connectivity index (χ2n) is 9.76. The van der Waals surface area contributed by atoms with Crippen LogP contribution in [0.15, 0.2) is 27.3 Å². The van der Waals surface area contributed by atoms with Crippen LogP contribution < -0.4 is 5.32 Å². The number of hydrogen-bond donors (Lipinski definition) is 1. The van der Waals surface area contributed by atoms with E-state index in [1.54, 1.807) is 6.20 Å². The van der Waals surface area contributed by atoms with Crippen LogP contribution in [-0.4, -0.2) is 30.8 Å². The Bertz CT molecular complexity index is 1360. The highest BCUT2D eigenvalue weighted by molar-refractivity contribution is 6.06. The number of nitrogens with zero attached hydrogens (tertiary/aromatic N) is 5. The maximum Gasteiger partial charge on any atom is 0.252 e. The van der Waals surface area contributed by atoms with Crippen LogP contribution in [0.4, 0.5) is 0 Å². The summed E-state index contributed by atoms with van der Waals surface area (Å²) in [5.41, 5.74) is 2.68. The molecule has 1 aliphatic carbocycles. The minimum absolute atomic E-state index is 0.0606. The molecular weight excluding hydrogens is 432 g/mol. The van der Waals surface area contributed by atoms with Crippen LogP contribution in [0.25, 0.3) is 22.3 Å². The van der Waals surface area contributed by atoms with Crippen LogP contribution in [0, 0.1) is 19.8 Å². The minimum Gasteiger partial charge on any atom is -0.466 e. The van der Waals surface area contributed by atoms with Crippen LogP contribution >= 0.6 is 0 Å². The molecule has 0 radical (unpaired) electrons. The summed E-state index contributed by atoms with van der Waals surface area (Å²) in [7, 11) is 0. The first kappa shape index (κ1) is 22.3. The van der Waals surface area contributed by atoms with E-state index in [0.717, 1.165) is 35.7 Å². The van der Waals surface area contributed by atoms with Crippen LogP contribution in [0.5, 0.6) is 0 Å². The first-order chi connectivity index (χ1) is 16.2. The fraction of sp³-hybridized carbons (Fsp3) is 0.480. The van der Waals surface area contributed by atoms with Crippen molar-refractivity contribution in [3.63, 3.8) is 0 Å². The molecule has 34 heavy (non-hydrogen) atoms. The van der Waals surface area contributed by atoms with Gasteiger partial charge in [0.25, 0.3) is 5.91 Å². The largest absolute Gasteiger partial charge is 0.466 e. The normalized spacial score (nSPS) is 14.9. The second kappa shape index (κ2) is 8.38. The molecule has 1 N–H and O–H groups in total. The number of carbonyl (C=O) groups is 1. The molecule has 0 bridgehead atoms. The van der Waals surface area contributed by atoms with Crippen LogP contribution in [0.2, 0.25) is 0 Å². The Kier molecular flexibility index (Phi) is 5.50. The van der Waals surface area contributed by atoms with Crippen molar-refractivity contribution in [2.45, 2.75) is 72.4 Å². The fourth-order valence-corrected chi connectivity index (χ4v) is 4.22. The van der Waals surface area contributed by atoms with Gasteiger partial charge < -0.3 is 14.3 Å². The van der Waals surface area contributed by atoms with Gasteiger partial charge in [-0.2, -0.15) is 10.1 Å². The maximum atomic E-state index is 13.7. The summed E-state index contributed by atoms with van der Waals surface area (Å²) in [5, 5.41) is 12.5. The van der Waals surface area contributed by atoms with Crippen molar-refractivity contribution in [3.8, 4) is 11.3 Å². The zero-order valence-corrected chi connectivity index (χ0v) is 20.4. The number of aryl methyl sites for hydroxylation is 2. The van der Waals surface area contributed by atoms with E-state index < -0.39 is 6.04 Å². The molecule has 9 nitrogen and oxygen atoms in total. The van der Waals surface area contributed by atoms with E-state index in [9.17, 15) is 4.79 Å². The Morgan fingerprint density at radius 1 is 1.15 bits per heavy atom. The summed E-state index contributed by atoms with van der Waals surface area (Å²) in [4.78, 5) is 23.1. The van der Waals surface area contributed by atoms with E-state index in [1.807, 2.05) is 58.4 Å². The Balaban J connectivity index is 1.56. The standard InChI is InChI=1S/C25H30N6O3/c1-12(2)21(25-29-22(30-34-25)16-7-8-16)28-24(32)18-10-20(17-9-14(5)33-15(17)6)27-23-19(18)11-26-31(23)13(3)4/h9-13,16,21H,7-8H2,1-6H3,(H,28,32). The summed E-state index contributed by atoms with van der Waals surface area (Å²) < 4.78 is 13.1. The molecule has 5 rings (SSSR count). The number of nitrogens with one attached hydrogen (secondary N) is 1. The van der Waals surface area contributed by atoms with Crippen molar-refractivity contribution in [3.05, 3.63) is 47.1 Å². The molecule has 178 valence electrons. The molecular formula is C25H30N6O3. The predicted molar refractivity (Wildman–Crippen MR) is 126 cm³/mol. The highest BCUT2D eigenvalue weighted by Gasteiger charge is 2.32. The minimum atomic E-state index is -0.405. The molecule has 4 heterocycles. The van der Waals surface area contributed by atoms with Gasteiger partial charge in [-0.05, 0) is 58.6 Å². The Morgan fingerprint density at radius 2 is 1.91 bits per heavy atom. The van der Waals surface area contributed by atoms with Crippen molar-refractivity contribution >= 4 is 16.9 Å². The zero-order chi connectivity index (χ0) is 24.1. The average molecular weight is 463 g/mol. The van der Waals surface area contributed by atoms with Crippen molar-refractivity contribution in [2.24, 2.45) is 5.92 Å². The first-order valence-electron chi connectivity index (χ1n) is 11.8. The highest BCUT2D eigenvalue weighted by atomic mass is 16.5. The van der Waals surface area contributed by atoms with Crippen LogP contribution in [0.3, 0.4) is 0 Å². The third kappa shape index (κ3) is 3.99. The molecule has 1 aliphatic rings. The van der Waals surface area contributed by atoms with Gasteiger partial charge in [-0.25, -0.2) is 9.67 Å². The Morgan fingerprint density at radius 3 is 2.53 bits per heavy atom. The number of pyridine rings is 1. The van der Waals surface area contributed by atoms with Gasteiger partial charge in [0, 0.05) is 17.5 Å². The van der Waals surface area contributed by atoms with Crippen molar-refractivity contribution in [1.29, 1.82) is 0 Å². The number of amides is 1. The first-order valence-corrected chi connectivity index (χ1v) is 11.8. The van der Waals surface area contributed by atoms with Gasteiger partial charge in [-0.1, -0.05) is 19.0 Å². The molecule has 1 fully saturated rings. The second-order valence-corrected chi connectivity index (χ2v) is 9.76. The van der Waals surface area contributed by atoms with Gasteiger partial charge in [0.2, 0.25) is 5.89 Å². The summed E-state index contributed by atoms with van der Waals surface area (Å²) in [5.74, 6) is 2.92. The SMILES string of the molecule is Cc1cc(-c2cc(C(=O)NC(c3nc(C4CC4)no3)C(C)C)c3cnn(C(C)C)c3n2)c(C)o1. The number of furan rings is 1. The lowest BCUT2D eigenvalue weighted by molar-refractivity contribution is 0.0915. The predicted octanol–water partition coefficient (Wildman–Crippen LogP) is 5.28. The molecule has 1 atom stereocenters. The number of hydrogen-bond acceptors (Lipinski definition) is 7. The van der Waals surface area contributed by atoms with Crippen molar-refractivity contribution < 1.29 is 13.7 Å². The van der Waals surface area contributed by atoms with Crippen LogP contribution in [-0.2, 0) is 0 Å². The zero-order valence-electron chi connectivity index (χ0n) is 20.4. The van der Waals surface area contributed by atoms with Gasteiger partial charge in [0.05, 0.1) is 22.8 Å². The van der Waals surface area contributed by atoms with E-state index in [2.05, 4.69) is 20.6 Å². The number of aromatic nitrogens is 5. The molecule has 1 unspecified atom stereocenters. The average Bonchev–Trinajstić information content (AvgIpc) is 3.20. The van der Waals surface area contributed by atoms with Gasteiger partial charge >= 0.3 is 0 Å². The van der Waals surface area contributed by atoms with Crippen molar-refractivity contribution in [2.75, 3.05) is 0 Å². The molecule has 9 heteroatoms. The summed E-state index contributed by atoms with van der Waals surface area (Å²) in [6, 6.07) is 3.43. The highest BCUT2D eigenvalue weighted by Crippen LogP contribution is 2.39. The van der Waals surface area contributed by atoms with E-state index in [0.29, 0.717) is 34.1 Å². The van der Waals surface area contributed by atoms with Gasteiger partial charge in [0.1, 0.15) is 17.6 Å².